The molecule has 1 amide bonds. The number of nitrogens with one attached hydrogen (secondary N) is 1. The van der Waals surface area contributed by atoms with Crippen molar-refractivity contribution in [3.05, 3.63) is 88.9 Å². The number of amides is 1. The molecule has 156 valence electrons. The summed E-state index contributed by atoms with van der Waals surface area (Å²) in [5.74, 6) is 0.0956. The minimum Gasteiger partial charge on any atom is -0.365 e. The Morgan fingerprint density at radius 3 is 2.39 bits per heavy atom. The fourth-order valence-electron chi connectivity index (χ4n) is 3.58. The van der Waals surface area contributed by atoms with Crippen LogP contribution in [-0.4, -0.2) is 20.7 Å². The van der Waals surface area contributed by atoms with Gasteiger partial charge >= 0.3 is 0 Å². The molecule has 0 unspecified atom stereocenters. The molecule has 7 heteroatoms. The van der Waals surface area contributed by atoms with Crippen LogP contribution in [0.3, 0.4) is 0 Å². The second-order valence-corrected chi connectivity index (χ2v) is 7.41. The first-order valence-corrected chi connectivity index (χ1v) is 9.80. The number of anilines is 2. The maximum absolute atomic E-state index is 13.4. The molecule has 0 aliphatic rings. The van der Waals surface area contributed by atoms with Crippen LogP contribution in [0, 0.1) is 26.6 Å². The van der Waals surface area contributed by atoms with E-state index in [9.17, 15) is 9.18 Å². The Morgan fingerprint density at radius 1 is 1.00 bits per heavy atom. The van der Waals surface area contributed by atoms with Gasteiger partial charge in [0.15, 0.2) is 0 Å². The number of halogens is 1. The quantitative estimate of drug-likeness (QED) is 0.488. The maximum atomic E-state index is 13.4. The molecule has 0 fully saturated rings. The van der Waals surface area contributed by atoms with E-state index < -0.39 is 5.91 Å². The van der Waals surface area contributed by atoms with Gasteiger partial charge in [0.25, 0.3) is 5.91 Å². The molecule has 0 saturated carbocycles. The highest BCUT2D eigenvalue weighted by atomic mass is 19.1. The van der Waals surface area contributed by atoms with Crippen molar-refractivity contribution in [3.8, 4) is 16.9 Å². The largest absolute Gasteiger partial charge is 0.365 e. The van der Waals surface area contributed by atoms with Gasteiger partial charge in [-0.05, 0) is 68.3 Å². The smallest absolute Gasteiger partial charge is 0.252 e. The fraction of sp³-hybridized carbons (Fsp3) is 0.125. The summed E-state index contributed by atoms with van der Waals surface area (Å²) in [5.41, 5.74) is 10.7. The van der Waals surface area contributed by atoms with Gasteiger partial charge < -0.3 is 11.1 Å². The Labute approximate surface area is 179 Å². The molecule has 0 aliphatic carbocycles. The van der Waals surface area contributed by atoms with Crippen LogP contribution in [-0.2, 0) is 0 Å². The number of aryl methyl sites for hydroxylation is 3. The molecular weight excluding hydrogens is 393 g/mol. The van der Waals surface area contributed by atoms with Crippen molar-refractivity contribution < 1.29 is 9.18 Å². The minimum atomic E-state index is -0.562. The van der Waals surface area contributed by atoms with Crippen molar-refractivity contribution in [1.82, 2.24) is 14.8 Å². The fourth-order valence-corrected chi connectivity index (χ4v) is 3.58. The van der Waals surface area contributed by atoms with Crippen molar-refractivity contribution in [2.75, 3.05) is 5.32 Å². The van der Waals surface area contributed by atoms with Crippen molar-refractivity contribution >= 4 is 17.5 Å². The standard InChI is InChI=1S/C24H22FN5O/c1-14-6-4-5-7-20(14)30-21(13-19(29-30)17-8-10-18(25)11-9-17)28-24-22(23(26)31)15(2)12-16(3)27-24/h4-13H,1-3H3,(H2,26,31)(H,27,28). The first-order chi connectivity index (χ1) is 14.8. The predicted molar refractivity (Wildman–Crippen MR) is 119 cm³/mol. The Hall–Kier alpha value is -4.00. The van der Waals surface area contributed by atoms with Gasteiger partial charge in [-0.2, -0.15) is 5.10 Å². The van der Waals surface area contributed by atoms with Gasteiger partial charge in [0.1, 0.15) is 17.5 Å². The highest BCUT2D eigenvalue weighted by Crippen LogP contribution is 2.30. The molecule has 0 saturated heterocycles. The lowest BCUT2D eigenvalue weighted by Gasteiger charge is -2.14. The molecular formula is C24H22FN5O. The molecule has 0 atom stereocenters. The number of para-hydroxylation sites is 1. The highest BCUT2D eigenvalue weighted by molar-refractivity contribution is 5.99. The average molecular weight is 415 g/mol. The summed E-state index contributed by atoms with van der Waals surface area (Å²) < 4.78 is 15.1. The van der Waals surface area contributed by atoms with Crippen LogP contribution >= 0.6 is 0 Å². The first-order valence-electron chi connectivity index (χ1n) is 9.80. The van der Waals surface area contributed by atoms with E-state index in [-0.39, 0.29) is 5.82 Å². The number of hydrogen-bond donors (Lipinski definition) is 2. The summed E-state index contributed by atoms with van der Waals surface area (Å²) in [6.45, 7) is 5.66. The summed E-state index contributed by atoms with van der Waals surface area (Å²) >= 11 is 0. The number of hydrogen-bond acceptors (Lipinski definition) is 4. The monoisotopic (exact) mass is 415 g/mol. The predicted octanol–water partition coefficient (Wildman–Crippen LogP) is 4.84. The van der Waals surface area contributed by atoms with E-state index in [1.165, 1.54) is 12.1 Å². The van der Waals surface area contributed by atoms with Crippen LogP contribution in [0.5, 0.6) is 0 Å². The Kier molecular flexibility index (Phi) is 5.25. The third-order valence-corrected chi connectivity index (χ3v) is 5.03. The van der Waals surface area contributed by atoms with E-state index in [0.29, 0.717) is 22.9 Å². The van der Waals surface area contributed by atoms with E-state index in [0.717, 1.165) is 28.1 Å². The molecule has 3 N–H and O–H groups in total. The number of nitrogens with zero attached hydrogens (tertiary/aromatic N) is 3. The van der Waals surface area contributed by atoms with Crippen LogP contribution < -0.4 is 11.1 Å². The molecule has 0 spiro atoms. The first kappa shape index (κ1) is 20.3. The van der Waals surface area contributed by atoms with E-state index in [1.54, 1.807) is 16.8 Å². The number of pyridine rings is 1. The minimum absolute atomic E-state index is 0.314. The second kappa shape index (κ2) is 8.02. The number of benzene rings is 2. The molecule has 6 nitrogen and oxygen atoms in total. The zero-order valence-corrected chi connectivity index (χ0v) is 17.5. The SMILES string of the molecule is Cc1cc(C)c(C(N)=O)c(Nc2cc(-c3ccc(F)cc3)nn2-c2ccccc2C)n1. The van der Waals surface area contributed by atoms with Gasteiger partial charge in [0, 0.05) is 17.3 Å². The van der Waals surface area contributed by atoms with Crippen LogP contribution in [0.1, 0.15) is 27.2 Å². The van der Waals surface area contributed by atoms with Gasteiger partial charge in [-0.3, -0.25) is 4.79 Å². The van der Waals surface area contributed by atoms with E-state index >= 15 is 0 Å². The van der Waals surface area contributed by atoms with Crippen LogP contribution in [0.25, 0.3) is 16.9 Å². The lowest BCUT2D eigenvalue weighted by atomic mass is 10.1. The second-order valence-electron chi connectivity index (χ2n) is 7.41. The van der Waals surface area contributed by atoms with Crippen molar-refractivity contribution in [1.29, 1.82) is 0 Å². The molecule has 4 aromatic rings. The van der Waals surface area contributed by atoms with Crippen molar-refractivity contribution in [2.45, 2.75) is 20.8 Å². The molecule has 4 rings (SSSR count). The number of nitrogens with two attached hydrogens (primary N) is 1. The zero-order valence-electron chi connectivity index (χ0n) is 17.5. The van der Waals surface area contributed by atoms with Gasteiger partial charge in [-0.1, -0.05) is 18.2 Å². The van der Waals surface area contributed by atoms with E-state index in [4.69, 9.17) is 10.8 Å². The number of carbonyl (C=O) groups is 1. The van der Waals surface area contributed by atoms with Crippen LogP contribution in [0.2, 0.25) is 0 Å². The lowest BCUT2D eigenvalue weighted by molar-refractivity contribution is 0.1000. The molecule has 31 heavy (non-hydrogen) atoms. The van der Waals surface area contributed by atoms with Crippen molar-refractivity contribution in [3.63, 3.8) is 0 Å². The molecule has 0 aliphatic heterocycles. The number of aromatic nitrogens is 3. The van der Waals surface area contributed by atoms with E-state index in [2.05, 4.69) is 10.3 Å². The normalized spacial score (nSPS) is 10.8. The number of primary amides is 1. The Morgan fingerprint density at radius 2 is 1.71 bits per heavy atom. The van der Waals surface area contributed by atoms with Crippen LogP contribution in [0.15, 0.2) is 60.7 Å². The average Bonchev–Trinajstić information content (AvgIpc) is 3.11. The molecule has 0 radical (unpaired) electrons. The third kappa shape index (κ3) is 4.02. The summed E-state index contributed by atoms with van der Waals surface area (Å²) in [7, 11) is 0. The number of carbonyl (C=O) groups excluding carboxylic acids is 1. The summed E-state index contributed by atoms with van der Waals surface area (Å²) in [6, 6.07) is 17.6. The Bertz CT molecular complexity index is 1280. The summed E-state index contributed by atoms with van der Waals surface area (Å²) in [6.07, 6.45) is 0. The lowest BCUT2D eigenvalue weighted by Crippen LogP contribution is -2.17. The van der Waals surface area contributed by atoms with Crippen molar-refractivity contribution in [2.24, 2.45) is 5.73 Å². The zero-order chi connectivity index (χ0) is 22.1. The van der Waals surface area contributed by atoms with Gasteiger partial charge in [0.05, 0.1) is 16.9 Å². The Balaban J connectivity index is 1.88. The molecule has 0 bridgehead atoms. The van der Waals surface area contributed by atoms with Gasteiger partial charge in [-0.15, -0.1) is 0 Å². The molecule has 2 heterocycles. The molecule has 2 aromatic heterocycles. The summed E-state index contributed by atoms with van der Waals surface area (Å²) in [4.78, 5) is 16.6. The van der Waals surface area contributed by atoms with E-state index in [1.807, 2.05) is 57.2 Å². The van der Waals surface area contributed by atoms with Crippen LogP contribution in [0.4, 0.5) is 16.0 Å². The third-order valence-electron chi connectivity index (χ3n) is 5.03. The maximum Gasteiger partial charge on any atom is 0.252 e. The van der Waals surface area contributed by atoms with Gasteiger partial charge in [0.2, 0.25) is 0 Å². The van der Waals surface area contributed by atoms with Gasteiger partial charge in [-0.25, -0.2) is 14.1 Å². The topological polar surface area (TPSA) is 85.8 Å². The summed E-state index contributed by atoms with van der Waals surface area (Å²) in [5, 5.41) is 7.99. The molecule has 2 aromatic carbocycles. The number of rotatable bonds is 5. The highest BCUT2D eigenvalue weighted by Gasteiger charge is 2.18.